The smallest absolute Gasteiger partial charge is 0.323 e. The lowest BCUT2D eigenvalue weighted by Crippen LogP contribution is -2.36. The van der Waals surface area contributed by atoms with E-state index >= 15 is 0 Å². The molecule has 2 unspecified atom stereocenters. The van der Waals surface area contributed by atoms with Crippen molar-refractivity contribution in [2.75, 3.05) is 34.0 Å². The van der Waals surface area contributed by atoms with Crippen LogP contribution < -0.4 is 15.4 Å². The molecular formula is C39H43ClFN2O6P. The molecular weight excluding hydrogens is 678 g/mol. The second kappa shape index (κ2) is 22.6. The van der Waals surface area contributed by atoms with Crippen LogP contribution in [0.4, 0.5) is 4.39 Å². The van der Waals surface area contributed by atoms with E-state index in [1.165, 1.54) is 24.8 Å². The van der Waals surface area contributed by atoms with Crippen molar-refractivity contribution in [3.63, 3.8) is 0 Å². The van der Waals surface area contributed by atoms with Gasteiger partial charge in [-0.1, -0.05) is 78.0 Å². The third-order valence-electron chi connectivity index (χ3n) is 7.06. The van der Waals surface area contributed by atoms with Crippen LogP contribution in [0.3, 0.4) is 0 Å². The van der Waals surface area contributed by atoms with Crippen molar-refractivity contribution in [1.29, 1.82) is 0 Å². The van der Waals surface area contributed by atoms with Crippen LogP contribution in [0.5, 0.6) is 5.75 Å². The quantitative estimate of drug-likeness (QED) is 0.0523. The summed E-state index contributed by atoms with van der Waals surface area (Å²) >= 11 is 5.36. The van der Waals surface area contributed by atoms with Crippen molar-refractivity contribution in [2.24, 2.45) is 0 Å². The Morgan fingerprint density at radius 2 is 1.66 bits per heavy atom. The lowest BCUT2D eigenvalue weighted by Gasteiger charge is -2.27. The Bertz CT molecular complexity index is 1700. The molecule has 4 aromatic carbocycles. The van der Waals surface area contributed by atoms with Gasteiger partial charge in [-0.3, -0.25) is 14.9 Å². The molecule has 4 rings (SSSR count). The molecule has 0 fully saturated rings. The van der Waals surface area contributed by atoms with E-state index in [4.69, 9.17) is 30.1 Å². The summed E-state index contributed by atoms with van der Waals surface area (Å²) in [6, 6.07) is 29.5. The van der Waals surface area contributed by atoms with Gasteiger partial charge in [-0.15, -0.1) is 0 Å². The zero-order valence-electron chi connectivity index (χ0n) is 28.7. The number of aldehydes is 1. The molecule has 11 heteroatoms. The Morgan fingerprint density at radius 1 is 0.940 bits per heavy atom. The minimum atomic E-state index is -1.20. The number of likely N-dealkylation sites (N-methyl/N-ethyl adjacent to an activating group) is 1. The fourth-order valence-corrected chi connectivity index (χ4v) is 6.36. The minimum Gasteiger partial charge on any atom is -0.481 e. The predicted molar refractivity (Wildman–Crippen MR) is 197 cm³/mol. The van der Waals surface area contributed by atoms with Crippen molar-refractivity contribution in [1.82, 2.24) is 10.6 Å². The zero-order valence-corrected chi connectivity index (χ0v) is 30.3. The molecule has 264 valence electrons. The number of nitrogens with one attached hydrogen (secondary N) is 2. The Morgan fingerprint density at radius 3 is 2.32 bits per heavy atom. The Kier molecular flexibility index (Phi) is 18.2. The SMILES string of the molecule is CCOP(OCC)C(NCc1ccccc1)c1cccc(OCC#Cc2cccc(CC(NC)C(=O)OC)c2)c1.O=Cc1ccc(F)c(Cl)c1. The van der Waals surface area contributed by atoms with Gasteiger partial charge in [-0.25, -0.2) is 4.39 Å². The average Bonchev–Trinajstić information content (AvgIpc) is 3.14. The lowest BCUT2D eigenvalue weighted by atomic mass is 10.0. The third kappa shape index (κ3) is 13.6. The number of halogens is 2. The van der Waals surface area contributed by atoms with Gasteiger partial charge >= 0.3 is 5.97 Å². The van der Waals surface area contributed by atoms with E-state index in [0.717, 1.165) is 28.5 Å². The van der Waals surface area contributed by atoms with E-state index in [9.17, 15) is 14.0 Å². The number of carbonyl (C=O) groups is 2. The van der Waals surface area contributed by atoms with Crippen molar-refractivity contribution < 1.29 is 32.5 Å². The van der Waals surface area contributed by atoms with Gasteiger partial charge in [0.15, 0.2) is 8.38 Å². The van der Waals surface area contributed by atoms with Crippen LogP contribution in [0.15, 0.2) is 97.1 Å². The number of ether oxygens (including phenoxy) is 2. The number of methoxy groups -OCH3 is 1. The van der Waals surface area contributed by atoms with Crippen LogP contribution in [0, 0.1) is 17.7 Å². The average molecular weight is 721 g/mol. The van der Waals surface area contributed by atoms with Gasteiger partial charge in [-0.05, 0) is 86.5 Å². The molecule has 0 spiro atoms. The van der Waals surface area contributed by atoms with Crippen molar-refractivity contribution in [3.8, 4) is 17.6 Å². The van der Waals surface area contributed by atoms with Crippen LogP contribution in [0.1, 0.15) is 52.2 Å². The first kappa shape index (κ1) is 40.3. The summed E-state index contributed by atoms with van der Waals surface area (Å²) in [5.74, 6) is 6.06. The van der Waals surface area contributed by atoms with Gasteiger partial charge < -0.3 is 23.8 Å². The van der Waals surface area contributed by atoms with Gasteiger partial charge in [0, 0.05) is 17.7 Å². The highest BCUT2D eigenvalue weighted by atomic mass is 35.5. The molecule has 8 nitrogen and oxygen atoms in total. The second-order valence-electron chi connectivity index (χ2n) is 10.6. The monoisotopic (exact) mass is 720 g/mol. The van der Waals surface area contributed by atoms with E-state index in [1.807, 2.05) is 74.5 Å². The maximum absolute atomic E-state index is 12.4. The van der Waals surface area contributed by atoms with E-state index in [0.29, 0.717) is 38.0 Å². The summed E-state index contributed by atoms with van der Waals surface area (Å²) in [6.07, 6.45) is 1.14. The largest absolute Gasteiger partial charge is 0.481 e. The molecule has 0 amide bonds. The van der Waals surface area contributed by atoms with Gasteiger partial charge in [0.05, 0.1) is 25.3 Å². The third-order valence-corrected chi connectivity index (χ3v) is 9.28. The maximum Gasteiger partial charge on any atom is 0.323 e. The topological polar surface area (TPSA) is 95.1 Å². The van der Waals surface area contributed by atoms with Crippen LogP contribution in [-0.2, 0) is 31.5 Å². The van der Waals surface area contributed by atoms with Crippen LogP contribution in [0.2, 0.25) is 5.02 Å². The highest BCUT2D eigenvalue weighted by Gasteiger charge is 2.25. The van der Waals surface area contributed by atoms with Gasteiger partial charge in [0.2, 0.25) is 0 Å². The number of hydrogen-bond donors (Lipinski definition) is 2. The van der Waals surface area contributed by atoms with E-state index in [1.54, 1.807) is 7.05 Å². The molecule has 2 atom stereocenters. The van der Waals surface area contributed by atoms with Crippen molar-refractivity contribution in [3.05, 3.63) is 136 Å². The summed E-state index contributed by atoms with van der Waals surface area (Å²) in [6.45, 7) is 6.03. The first-order chi connectivity index (χ1) is 24.3. The molecule has 0 radical (unpaired) electrons. The Hall–Kier alpha value is -4.13. The normalized spacial score (nSPS) is 11.7. The van der Waals surface area contributed by atoms with Gasteiger partial charge in [-0.2, -0.15) is 0 Å². The highest BCUT2D eigenvalue weighted by Crippen LogP contribution is 2.51. The van der Waals surface area contributed by atoms with Gasteiger partial charge in [0.1, 0.15) is 36.3 Å². The summed E-state index contributed by atoms with van der Waals surface area (Å²) in [4.78, 5) is 22.0. The Balaban J connectivity index is 0.000000578. The van der Waals surface area contributed by atoms with Crippen molar-refractivity contribution in [2.45, 2.75) is 38.6 Å². The standard InChI is InChI=1S/C32H39N2O5P.C7H4ClFO/c1-5-38-40(39-6-2)31(34-24-26-13-8-7-9-14-26)28-18-11-19-29(23-28)37-20-12-17-25-15-10-16-27(21-25)22-30(33-3)32(35)36-4;8-6-3-5(4-10)1-2-7(6)9/h7-11,13-16,18-19,21,23,30-31,33-34H,5-6,20,22,24H2,1-4H3;1-4H. The maximum atomic E-state index is 12.4. The second-order valence-corrected chi connectivity index (χ2v) is 12.6. The molecule has 4 aromatic rings. The highest BCUT2D eigenvalue weighted by molar-refractivity contribution is 7.47. The molecule has 0 aliphatic heterocycles. The Labute approximate surface area is 300 Å². The van der Waals surface area contributed by atoms with Crippen LogP contribution in [-0.4, -0.2) is 52.3 Å². The number of hydrogen-bond acceptors (Lipinski definition) is 8. The van der Waals surface area contributed by atoms with Crippen molar-refractivity contribution >= 4 is 32.2 Å². The summed E-state index contributed by atoms with van der Waals surface area (Å²) in [7, 11) is 1.94. The molecule has 0 aliphatic carbocycles. The molecule has 0 bridgehead atoms. The molecule has 0 saturated heterocycles. The van der Waals surface area contributed by atoms with E-state index in [-0.39, 0.29) is 23.4 Å². The summed E-state index contributed by atoms with van der Waals surface area (Å²) in [5.41, 5.74) is 4.46. The molecule has 0 aliphatic rings. The zero-order chi connectivity index (χ0) is 36.1. The van der Waals surface area contributed by atoms with Crippen LogP contribution >= 0.6 is 20.0 Å². The minimum absolute atomic E-state index is 0.0235. The number of esters is 1. The number of carbonyl (C=O) groups excluding carboxylic acids is 2. The summed E-state index contributed by atoms with van der Waals surface area (Å²) < 4.78 is 35.3. The summed E-state index contributed by atoms with van der Waals surface area (Å²) in [5, 5.41) is 6.60. The first-order valence-electron chi connectivity index (χ1n) is 16.1. The predicted octanol–water partition coefficient (Wildman–Crippen LogP) is 7.89. The fraction of sp³-hybridized carbons (Fsp3) is 0.282. The molecule has 0 saturated carbocycles. The molecule has 0 heterocycles. The lowest BCUT2D eigenvalue weighted by molar-refractivity contribution is -0.142. The molecule has 50 heavy (non-hydrogen) atoms. The van der Waals surface area contributed by atoms with E-state index < -0.39 is 20.2 Å². The fourth-order valence-electron chi connectivity index (χ4n) is 4.64. The number of benzene rings is 4. The van der Waals surface area contributed by atoms with Gasteiger partial charge in [0.25, 0.3) is 0 Å². The van der Waals surface area contributed by atoms with Crippen LogP contribution in [0.25, 0.3) is 0 Å². The first-order valence-corrected chi connectivity index (χ1v) is 17.7. The molecule has 2 N–H and O–H groups in total. The molecule has 0 aromatic heterocycles. The number of rotatable bonds is 16. The van der Waals surface area contributed by atoms with E-state index in [2.05, 4.69) is 40.7 Å².